The zero-order chi connectivity index (χ0) is 32.4. The molecule has 6 aliphatic rings. The third-order valence-corrected chi connectivity index (χ3v) is 13.5. The first-order valence-corrected chi connectivity index (χ1v) is 19.3. The highest BCUT2D eigenvalue weighted by Gasteiger charge is 2.41. The molecule has 9 rings (SSSR count). The highest BCUT2D eigenvalue weighted by Crippen LogP contribution is 2.55. The van der Waals surface area contributed by atoms with Gasteiger partial charge in [-0.3, -0.25) is 0 Å². The zero-order valence-electron chi connectivity index (χ0n) is 26.6. The molecule has 0 amide bonds. The Morgan fingerprint density at radius 1 is 0.771 bits per heavy atom. The standard InChI is InChI=1S/C43H36BrNO2S/c44-31-21-24-33(25-22-31)48(46,47)34-23-20-30-26-40-35(11-6-13-37(40)39(30)27-34)28-16-18-29(19-17-28)36-12-7-15-42-43(36)38-10-4-5-14-41(38)45(42)32-8-2-1-3-9-32/h1-10,12-16,18,21-22,24-25,27,35-36,43H,11,17,19-20,23,26H2. The lowest BCUT2D eigenvalue weighted by atomic mass is 9.73. The molecule has 238 valence electrons. The number of nitrogens with zero attached hydrogens (tertiary/aromatic N) is 1. The van der Waals surface area contributed by atoms with Crippen LogP contribution < -0.4 is 4.90 Å². The summed E-state index contributed by atoms with van der Waals surface area (Å²) >= 11 is 3.43. The number of halogens is 1. The van der Waals surface area contributed by atoms with E-state index < -0.39 is 9.84 Å². The van der Waals surface area contributed by atoms with Gasteiger partial charge in [-0.15, -0.1) is 0 Å². The summed E-state index contributed by atoms with van der Waals surface area (Å²) < 4.78 is 28.0. The summed E-state index contributed by atoms with van der Waals surface area (Å²) in [6.45, 7) is 0. The van der Waals surface area contributed by atoms with Gasteiger partial charge in [-0.2, -0.15) is 0 Å². The van der Waals surface area contributed by atoms with Gasteiger partial charge in [0.05, 0.1) is 9.80 Å². The second kappa shape index (κ2) is 11.7. The summed E-state index contributed by atoms with van der Waals surface area (Å²) in [5, 5.41) is 0. The maximum atomic E-state index is 13.6. The van der Waals surface area contributed by atoms with Gasteiger partial charge in [-0.05, 0) is 110 Å². The van der Waals surface area contributed by atoms with E-state index in [1.807, 2.05) is 6.08 Å². The van der Waals surface area contributed by atoms with Gasteiger partial charge >= 0.3 is 0 Å². The van der Waals surface area contributed by atoms with Crippen LogP contribution in [0.4, 0.5) is 11.4 Å². The molecule has 0 saturated carbocycles. The predicted octanol–water partition coefficient (Wildman–Crippen LogP) is 11.1. The van der Waals surface area contributed by atoms with E-state index in [1.54, 1.807) is 24.3 Å². The zero-order valence-corrected chi connectivity index (χ0v) is 29.1. The first-order chi connectivity index (χ1) is 23.5. The molecule has 0 fully saturated rings. The lowest BCUT2D eigenvalue weighted by Crippen LogP contribution is -2.22. The van der Waals surface area contributed by atoms with Crippen LogP contribution in [0.5, 0.6) is 0 Å². The van der Waals surface area contributed by atoms with Gasteiger partial charge in [0.15, 0.2) is 0 Å². The topological polar surface area (TPSA) is 37.4 Å². The molecule has 3 atom stereocenters. The number of sulfone groups is 1. The van der Waals surface area contributed by atoms with Gasteiger partial charge in [-0.25, -0.2) is 8.42 Å². The van der Waals surface area contributed by atoms with Gasteiger partial charge in [0.2, 0.25) is 9.84 Å². The van der Waals surface area contributed by atoms with E-state index >= 15 is 0 Å². The SMILES string of the molecule is O=S(=O)(C1=CC2=C(CC1)CC1=C2C=CCC1C1=CC=C(C2C=CC=C3C2c2ccccc2N3c2ccccc2)CC1)c1ccc(Br)cc1. The molecule has 0 spiro atoms. The summed E-state index contributed by atoms with van der Waals surface area (Å²) in [4.78, 5) is 3.35. The van der Waals surface area contributed by atoms with Crippen LogP contribution in [0.25, 0.3) is 0 Å². The molecule has 5 aliphatic carbocycles. The van der Waals surface area contributed by atoms with Crippen molar-refractivity contribution in [3.05, 3.63) is 182 Å². The average Bonchev–Trinajstić information content (AvgIpc) is 3.68. The molecule has 1 heterocycles. The van der Waals surface area contributed by atoms with Crippen molar-refractivity contribution in [3.8, 4) is 0 Å². The molecule has 1 aliphatic heterocycles. The first kappa shape index (κ1) is 29.9. The van der Waals surface area contributed by atoms with Crippen LogP contribution in [-0.4, -0.2) is 8.42 Å². The van der Waals surface area contributed by atoms with Crippen LogP contribution in [0, 0.1) is 11.8 Å². The second-order valence-corrected chi connectivity index (χ2v) is 16.5. The molecule has 0 aromatic heterocycles. The minimum Gasteiger partial charge on any atom is -0.313 e. The summed E-state index contributed by atoms with van der Waals surface area (Å²) in [6, 6.07) is 26.6. The highest BCUT2D eigenvalue weighted by molar-refractivity contribution is 9.10. The van der Waals surface area contributed by atoms with Crippen molar-refractivity contribution in [1.29, 1.82) is 0 Å². The first-order valence-electron chi connectivity index (χ1n) is 17.0. The fraction of sp³-hybridized carbons (Fsp3) is 0.209. The fourth-order valence-electron chi connectivity index (χ4n) is 8.79. The van der Waals surface area contributed by atoms with Crippen molar-refractivity contribution < 1.29 is 8.42 Å². The maximum Gasteiger partial charge on any atom is 0.202 e. The molecule has 3 aromatic rings. The normalized spacial score (nSPS) is 24.4. The van der Waals surface area contributed by atoms with Crippen LogP contribution in [0.3, 0.4) is 0 Å². The molecule has 3 nitrogen and oxygen atoms in total. The van der Waals surface area contributed by atoms with E-state index in [2.05, 4.69) is 118 Å². The number of fused-ring (bicyclic) bond motifs is 4. The molecular formula is C43H36BrNO2S. The van der Waals surface area contributed by atoms with Gasteiger partial charge in [0.1, 0.15) is 0 Å². The Morgan fingerprint density at radius 2 is 1.54 bits per heavy atom. The fourth-order valence-corrected chi connectivity index (χ4v) is 10.5. The Bertz CT molecular complexity index is 2210. The van der Waals surface area contributed by atoms with Crippen LogP contribution in [0.1, 0.15) is 50.0 Å². The van der Waals surface area contributed by atoms with Crippen LogP contribution in [-0.2, 0) is 9.84 Å². The van der Waals surface area contributed by atoms with Crippen molar-refractivity contribution in [2.45, 2.75) is 49.3 Å². The van der Waals surface area contributed by atoms with Crippen molar-refractivity contribution >= 4 is 37.1 Å². The Hall–Kier alpha value is -4.19. The van der Waals surface area contributed by atoms with Crippen LogP contribution in [0.2, 0.25) is 0 Å². The van der Waals surface area contributed by atoms with Crippen molar-refractivity contribution in [3.63, 3.8) is 0 Å². The largest absolute Gasteiger partial charge is 0.313 e. The third kappa shape index (κ3) is 4.85. The van der Waals surface area contributed by atoms with Crippen LogP contribution >= 0.6 is 15.9 Å². The highest BCUT2D eigenvalue weighted by atomic mass is 79.9. The number of hydrogen-bond donors (Lipinski definition) is 0. The number of rotatable bonds is 5. The summed E-state index contributed by atoms with van der Waals surface area (Å²) in [5.41, 5.74) is 13.6. The number of allylic oxidation sites excluding steroid dienone is 16. The van der Waals surface area contributed by atoms with Crippen molar-refractivity contribution in [1.82, 2.24) is 0 Å². The lowest BCUT2D eigenvalue weighted by Gasteiger charge is -2.33. The molecule has 0 radical (unpaired) electrons. The van der Waals surface area contributed by atoms with E-state index in [-0.39, 0.29) is 0 Å². The molecule has 3 unspecified atom stereocenters. The molecule has 0 saturated heterocycles. The molecule has 0 bridgehead atoms. The summed E-state index contributed by atoms with van der Waals surface area (Å²) in [7, 11) is -3.52. The van der Waals surface area contributed by atoms with Gasteiger partial charge in [-0.1, -0.05) is 111 Å². The van der Waals surface area contributed by atoms with Crippen LogP contribution in [0.15, 0.2) is 181 Å². The van der Waals surface area contributed by atoms with Crippen molar-refractivity contribution in [2.75, 3.05) is 4.90 Å². The maximum absolute atomic E-state index is 13.6. The van der Waals surface area contributed by atoms with Gasteiger partial charge < -0.3 is 4.90 Å². The van der Waals surface area contributed by atoms with E-state index in [1.165, 1.54) is 50.5 Å². The van der Waals surface area contributed by atoms with Gasteiger partial charge in [0, 0.05) is 39.3 Å². The molecular weight excluding hydrogens is 674 g/mol. The van der Waals surface area contributed by atoms with E-state index in [0.717, 1.165) is 42.1 Å². The minimum atomic E-state index is -3.52. The van der Waals surface area contributed by atoms with Gasteiger partial charge in [0.25, 0.3) is 0 Å². The number of para-hydroxylation sites is 2. The monoisotopic (exact) mass is 709 g/mol. The average molecular weight is 711 g/mol. The Kier molecular flexibility index (Phi) is 7.32. The van der Waals surface area contributed by atoms with Crippen molar-refractivity contribution in [2.24, 2.45) is 11.8 Å². The number of benzene rings is 3. The smallest absolute Gasteiger partial charge is 0.202 e. The number of hydrogen-bond acceptors (Lipinski definition) is 3. The molecule has 3 aromatic carbocycles. The Morgan fingerprint density at radius 3 is 2.35 bits per heavy atom. The Balaban J connectivity index is 0.996. The molecule has 0 N–H and O–H groups in total. The van der Waals surface area contributed by atoms with E-state index in [9.17, 15) is 8.42 Å². The minimum absolute atomic E-state index is 0.306. The lowest BCUT2D eigenvalue weighted by molar-refractivity contribution is 0.589. The number of anilines is 2. The van der Waals surface area contributed by atoms with E-state index in [0.29, 0.717) is 34.0 Å². The quantitative estimate of drug-likeness (QED) is 0.265. The third-order valence-electron chi connectivity index (χ3n) is 11.1. The molecule has 5 heteroatoms. The summed E-state index contributed by atoms with van der Waals surface area (Å²) in [6.07, 6.45) is 23.8. The predicted molar refractivity (Wildman–Crippen MR) is 198 cm³/mol. The van der Waals surface area contributed by atoms with E-state index in [4.69, 9.17) is 0 Å². The summed E-state index contributed by atoms with van der Waals surface area (Å²) in [5.74, 6) is 1.02. The second-order valence-electron chi connectivity index (χ2n) is 13.6. The molecule has 48 heavy (non-hydrogen) atoms. The Labute approximate surface area is 291 Å².